The van der Waals surface area contributed by atoms with Crippen molar-refractivity contribution in [3.8, 4) is 0 Å². The topological polar surface area (TPSA) is 89.6 Å². The number of ether oxygens (including phenoxy) is 1. The highest BCUT2D eigenvalue weighted by Gasteiger charge is 2.37. The maximum atomic E-state index is 11.8. The maximum absolute atomic E-state index is 11.8. The summed E-state index contributed by atoms with van der Waals surface area (Å²) in [6.07, 6.45) is 23.2. The lowest BCUT2D eigenvalue weighted by Crippen LogP contribution is -2.53. The van der Waals surface area contributed by atoms with Gasteiger partial charge in [0, 0.05) is 12.8 Å². The minimum absolute atomic E-state index is 0.0524. The van der Waals surface area contributed by atoms with E-state index in [0.29, 0.717) is 6.42 Å². The smallest absolute Gasteiger partial charge is 0.324 e. The van der Waals surface area contributed by atoms with Gasteiger partial charge in [-0.1, -0.05) is 76.5 Å². The molecule has 30 heavy (non-hydrogen) atoms. The second-order valence-electron chi connectivity index (χ2n) is 8.07. The Hall–Kier alpha value is -1.88. The lowest BCUT2D eigenvalue weighted by atomic mass is 9.85. The molecular weight excluding hydrogens is 378 g/mol. The van der Waals surface area contributed by atoms with Gasteiger partial charge in [0.2, 0.25) is 0 Å². The fourth-order valence-corrected chi connectivity index (χ4v) is 2.94. The summed E-state index contributed by atoms with van der Waals surface area (Å²) in [5, 5.41) is 9.25. The van der Waals surface area contributed by atoms with Crippen molar-refractivity contribution < 1.29 is 19.4 Å². The molecule has 1 unspecified atom stereocenters. The third kappa shape index (κ3) is 14.2. The molecule has 0 spiro atoms. The molecule has 0 amide bonds. The van der Waals surface area contributed by atoms with E-state index in [4.69, 9.17) is 10.5 Å². The summed E-state index contributed by atoms with van der Waals surface area (Å²) in [5.74, 6) is -1.56. The van der Waals surface area contributed by atoms with Crippen molar-refractivity contribution in [2.45, 2.75) is 96.9 Å². The van der Waals surface area contributed by atoms with Crippen LogP contribution in [0.15, 0.2) is 36.5 Å². The Morgan fingerprint density at radius 1 is 0.933 bits per heavy atom. The molecule has 0 saturated carbocycles. The molecule has 0 aliphatic carbocycles. The fraction of sp³-hybridized carbons (Fsp3) is 0.680. The first-order valence-corrected chi connectivity index (χ1v) is 11.5. The first-order valence-electron chi connectivity index (χ1n) is 11.5. The summed E-state index contributed by atoms with van der Waals surface area (Å²) in [6, 6.07) is 0. The number of aliphatic carboxylic acids is 1. The number of nitrogens with two attached hydrogens (primary N) is 1. The zero-order valence-electron chi connectivity index (χ0n) is 19.3. The molecule has 0 aromatic carbocycles. The molecule has 5 nitrogen and oxygen atoms in total. The summed E-state index contributed by atoms with van der Waals surface area (Å²) in [7, 11) is 0. The molecule has 0 bridgehead atoms. The molecule has 0 saturated heterocycles. The minimum atomic E-state index is -1.35. The highest BCUT2D eigenvalue weighted by Crippen LogP contribution is 2.19. The molecule has 0 aromatic heterocycles. The lowest BCUT2D eigenvalue weighted by Gasteiger charge is -2.28. The Balaban J connectivity index is 3.62. The highest BCUT2D eigenvalue weighted by molar-refractivity contribution is 5.78. The van der Waals surface area contributed by atoms with Crippen LogP contribution < -0.4 is 5.73 Å². The molecule has 0 fully saturated rings. The number of carbonyl (C=O) groups is 2. The van der Waals surface area contributed by atoms with Gasteiger partial charge in [0.05, 0.1) is 6.61 Å². The third-order valence-electron chi connectivity index (χ3n) is 5.24. The summed E-state index contributed by atoms with van der Waals surface area (Å²) < 4.78 is 5.16. The number of carboxylic acid groups (broad SMARTS) is 1. The number of carbonyl (C=O) groups excluding carboxylic acids is 1. The fourth-order valence-electron chi connectivity index (χ4n) is 2.94. The molecule has 5 heteroatoms. The molecular formula is C25H43NO4. The monoisotopic (exact) mass is 421 g/mol. The van der Waals surface area contributed by atoms with Gasteiger partial charge in [-0.2, -0.15) is 0 Å². The summed E-state index contributed by atoms with van der Waals surface area (Å²) in [6.45, 7) is 5.71. The molecule has 3 N–H and O–H groups in total. The quantitative estimate of drug-likeness (QED) is 0.162. The largest absolute Gasteiger partial charge is 0.480 e. The third-order valence-corrected chi connectivity index (χ3v) is 5.24. The van der Waals surface area contributed by atoms with Crippen molar-refractivity contribution in [2.24, 2.45) is 11.7 Å². The number of carboxylic acids is 1. The van der Waals surface area contributed by atoms with Crippen molar-refractivity contribution >= 4 is 11.9 Å². The van der Waals surface area contributed by atoms with E-state index in [1.54, 1.807) is 13.8 Å². The molecule has 0 heterocycles. The van der Waals surface area contributed by atoms with Crippen molar-refractivity contribution in [2.75, 3.05) is 6.61 Å². The van der Waals surface area contributed by atoms with E-state index in [1.165, 1.54) is 12.8 Å². The van der Waals surface area contributed by atoms with Crippen LogP contribution in [-0.4, -0.2) is 29.2 Å². The zero-order valence-corrected chi connectivity index (χ0v) is 19.3. The van der Waals surface area contributed by atoms with Gasteiger partial charge in [-0.05, 0) is 44.4 Å². The SMILES string of the molecule is CC/C=C/C/C=C\C/C=C\CCCCCCCC(=O)OCCC(N)(C(=O)O)C(C)C. The van der Waals surface area contributed by atoms with Gasteiger partial charge in [0.25, 0.3) is 0 Å². The van der Waals surface area contributed by atoms with Crippen LogP contribution in [0.1, 0.15) is 91.4 Å². The second kappa shape index (κ2) is 17.9. The van der Waals surface area contributed by atoms with Gasteiger partial charge in [-0.3, -0.25) is 9.59 Å². The van der Waals surface area contributed by atoms with Gasteiger partial charge in [0.1, 0.15) is 5.54 Å². The number of allylic oxidation sites excluding steroid dienone is 6. The first kappa shape index (κ1) is 28.1. The first-order chi connectivity index (χ1) is 14.3. The molecule has 0 aliphatic heterocycles. The van der Waals surface area contributed by atoms with Crippen LogP contribution in [0, 0.1) is 5.92 Å². The van der Waals surface area contributed by atoms with E-state index in [0.717, 1.165) is 44.9 Å². The Kier molecular flexibility index (Phi) is 16.8. The van der Waals surface area contributed by atoms with Crippen LogP contribution in [0.5, 0.6) is 0 Å². The number of rotatable bonds is 18. The van der Waals surface area contributed by atoms with Crippen LogP contribution in [0.25, 0.3) is 0 Å². The average molecular weight is 422 g/mol. The van der Waals surface area contributed by atoms with Crippen LogP contribution >= 0.6 is 0 Å². The van der Waals surface area contributed by atoms with Crippen molar-refractivity contribution in [1.82, 2.24) is 0 Å². The van der Waals surface area contributed by atoms with E-state index < -0.39 is 11.5 Å². The summed E-state index contributed by atoms with van der Waals surface area (Å²) in [5.41, 5.74) is 4.55. The molecule has 0 aliphatic rings. The molecule has 1 atom stereocenters. The highest BCUT2D eigenvalue weighted by atomic mass is 16.5. The van der Waals surface area contributed by atoms with Crippen molar-refractivity contribution in [3.63, 3.8) is 0 Å². The molecule has 0 radical (unpaired) electrons. The van der Waals surface area contributed by atoms with Crippen LogP contribution in [0.3, 0.4) is 0 Å². The zero-order chi connectivity index (χ0) is 22.7. The maximum Gasteiger partial charge on any atom is 0.324 e. The molecule has 0 aromatic rings. The number of unbranched alkanes of at least 4 members (excludes halogenated alkanes) is 5. The van der Waals surface area contributed by atoms with Gasteiger partial charge < -0.3 is 15.6 Å². The van der Waals surface area contributed by atoms with Gasteiger partial charge >= 0.3 is 11.9 Å². The molecule has 0 rings (SSSR count). The standard InChI is InChI=1S/C25H43NO4/c1-4-5-6-7-8-9-10-11-12-13-14-15-16-17-18-19-23(27)30-21-20-25(26,22(2)3)24(28)29/h5-6,8-9,11-12,22H,4,7,10,13-21,26H2,1-3H3,(H,28,29)/b6-5+,9-8-,12-11-. The van der Waals surface area contributed by atoms with Gasteiger partial charge in [-0.25, -0.2) is 0 Å². The number of esters is 1. The van der Waals surface area contributed by atoms with Crippen LogP contribution in [0.4, 0.5) is 0 Å². The normalized spacial score (nSPS) is 14.2. The number of hydrogen-bond donors (Lipinski definition) is 2. The van der Waals surface area contributed by atoms with E-state index in [1.807, 2.05) is 0 Å². The van der Waals surface area contributed by atoms with Gasteiger partial charge in [0.15, 0.2) is 0 Å². The Bertz CT molecular complexity index is 551. The van der Waals surface area contributed by atoms with E-state index >= 15 is 0 Å². The van der Waals surface area contributed by atoms with E-state index in [-0.39, 0.29) is 24.9 Å². The van der Waals surface area contributed by atoms with E-state index in [9.17, 15) is 14.7 Å². The van der Waals surface area contributed by atoms with Crippen LogP contribution in [-0.2, 0) is 14.3 Å². The molecule has 172 valence electrons. The van der Waals surface area contributed by atoms with Crippen molar-refractivity contribution in [1.29, 1.82) is 0 Å². The predicted molar refractivity (Wildman–Crippen MR) is 124 cm³/mol. The Labute approximate surface area is 183 Å². The van der Waals surface area contributed by atoms with Crippen molar-refractivity contribution in [3.05, 3.63) is 36.5 Å². The average Bonchev–Trinajstić information content (AvgIpc) is 2.70. The summed E-state index contributed by atoms with van der Waals surface area (Å²) in [4.78, 5) is 23.1. The van der Waals surface area contributed by atoms with Gasteiger partial charge in [-0.15, -0.1) is 0 Å². The van der Waals surface area contributed by atoms with E-state index in [2.05, 4.69) is 43.4 Å². The Morgan fingerprint density at radius 3 is 2.10 bits per heavy atom. The summed E-state index contributed by atoms with van der Waals surface area (Å²) >= 11 is 0. The second-order valence-corrected chi connectivity index (χ2v) is 8.07. The number of hydrogen-bond acceptors (Lipinski definition) is 4. The minimum Gasteiger partial charge on any atom is -0.480 e. The predicted octanol–water partition coefficient (Wildman–Crippen LogP) is 5.95. The van der Waals surface area contributed by atoms with Crippen LogP contribution in [0.2, 0.25) is 0 Å². The Morgan fingerprint density at radius 2 is 1.50 bits per heavy atom. The lowest BCUT2D eigenvalue weighted by molar-refractivity contribution is -0.150.